The molecule has 1 fully saturated rings. The third-order valence-corrected chi connectivity index (χ3v) is 6.16. The molecule has 0 bridgehead atoms. The highest BCUT2D eigenvalue weighted by Gasteiger charge is 2.22. The normalized spacial score (nSPS) is 22.2. The van der Waals surface area contributed by atoms with E-state index in [0.717, 1.165) is 50.2 Å². The maximum absolute atomic E-state index is 4.89. The van der Waals surface area contributed by atoms with Crippen LogP contribution in [-0.2, 0) is 19.5 Å². The molecule has 3 heterocycles. The summed E-state index contributed by atoms with van der Waals surface area (Å²) in [6, 6.07) is 0. The van der Waals surface area contributed by atoms with Gasteiger partial charge in [0.2, 0.25) is 0 Å². The molecule has 1 N–H and O–H groups in total. The average Bonchev–Trinajstić information content (AvgIpc) is 2.85. The number of guanidine groups is 1. The molecule has 0 aromatic carbocycles. The highest BCUT2D eigenvalue weighted by atomic mass is 32.2. The molecule has 1 atom stereocenters. The first-order valence-electron chi connectivity index (χ1n) is 9.37. The predicted octanol–water partition coefficient (Wildman–Crippen LogP) is 2.30. The van der Waals surface area contributed by atoms with Gasteiger partial charge in [-0.05, 0) is 26.2 Å². The zero-order valence-electron chi connectivity index (χ0n) is 15.0. The molecule has 1 saturated heterocycles. The predicted molar refractivity (Wildman–Crippen MR) is 101 cm³/mol. The van der Waals surface area contributed by atoms with Gasteiger partial charge in [0.05, 0.1) is 0 Å². The highest BCUT2D eigenvalue weighted by Crippen LogP contribution is 2.21. The van der Waals surface area contributed by atoms with E-state index in [1.165, 1.54) is 31.4 Å². The summed E-state index contributed by atoms with van der Waals surface area (Å²) in [7, 11) is 0. The first kappa shape index (κ1) is 17.6. The molecular weight excluding hydrogens is 320 g/mol. The van der Waals surface area contributed by atoms with E-state index in [0.29, 0.717) is 11.8 Å². The summed E-state index contributed by atoms with van der Waals surface area (Å²) in [5.41, 5.74) is 0. The van der Waals surface area contributed by atoms with Gasteiger partial charge in [0.25, 0.3) is 0 Å². The monoisotopic (exact) mass is 350 g/mol. The average molecular weight is 351 g/mol. The fourth-order valence-electron chi connectivity index (χ4n) is 3.39. The number of nitrogens with one attached hydrogen (secondary N) is 1. The highest BCUT2D eigenvalue weighted by molar-refractivity contribution is 8.00. The molecule has 0 amide bonds. The fraction of sp³-hybridized carbons (Fsp3) is 0.824. The Morgan fingerprint density at radius 2 is 2.17 bits per heavy atom. The van der Waals surface area contributed by atoms with E-state index in [1.54, 1.807) is 0 Å². The summed E-state index contributed by atoms with van der Waals surface area (Å²) in [5, 5.41) is 13.0. The molecule has 0 aliphatic carbocycles. The minimum Gasteiger partial charge on any atom is -0.357 e. The van der Waals surface area contributed by atoms with Crippen molar-refractivity contribution >= 4 is 17.7 Å². The molecule has 7 heteroatoms. The van der Waals surface area contributed by atoms with Crippen molar-refractivity contribution in [2.45, 2.75) is 64.3 Å². The zero-order valence-corrected chi connectivity index (χ0v) is 15.8. The minimum absolute atomic E-state index is 0.621. The molecule has 24 heavy (non-hydrogen) atoms. The Balaban J connectivity index is 1.71. The van der Waals surface area contributed by atoms with Crippen molar-refractivity contribution in [1.82, 2.24) is 25.0 Å². The Hall–Kier alpha value is -1.24. The van der Waals surface area contributed by atoms with Gasteiger partial charge in [-0.3, -0.25) is 0 Å². The quantitative estimate of drug-likeness (QED) is 0.667. The molecule has 0 saturated carbocycles. The number of aliphatic imine (C=N–C) groups is 1. The lowest BCUT2D eigenvalue weighted by molar-refractivity contribution is 0.407. The van der Waals surface area contributed by atoms with E-state index in [4.69, 9.17) is 4.99 Å². The number of rotatable bonds is 4. The Bertz CT molecular complexity index is 555. The van der Waals surface area contributed by atoms with Gasteiger partial charge < -0.3 is 14.8 Å². The smallest absolute Gasteiger partial charge is 0.194 e. The van der Waals surface area contributed by atoms with Crippen molar-refractivity contribution in [3.8, 4) is 0 Å². The zero-order chi connectivity index (χ0) is 16.8. The molecule has 1 aromatic rings. The summed E-state index contributed by atoms with van der Waals surface area (Å²) in [5.74, 6) is 4.37. The van der Waals surface area contributed by atoms with Gasteiger partial charge in [-0.25, -0.2) is 4.99 Å². The summed E-state index contributed by atoms with van der Waals surface area (Å²) in [6.45, 7) is 9.14. The molecule has 1 unspecified atom stereocenters. The lowest BCUT2D eigenvalue weighted by Gasteiger charge is -2.34. The Morgan fingerprint density at radius 3 is 3.00 bits per heavy atom. The van der Waals surface area contributed by atoms with E-state index in [1.807, 2.05) is 0 Å². The van der Waals surface area contributed by atoms with Crippen LogP contribution in [0, 0.1) is 0 Å². The van der Waals surface area contributed by atoms with E-state index in [-0.39, 0.29) is 0 Å². The molecule has 1 aromatic heterocycles. The number of hydrogen-bond donors (Lipinski definition) is 1. The van der Waals surface area contributed by atoms with Crippen LogP contribution in [0.5, 0.6) is 0 Å². The Kier molecular flexibility index (Phi) is 6.40. The van der Waals surface area contributed by atoms with Crippen molar-refractivity contribution in [1.29, 1.82) is 0 Å². The second-order valence-corrected chi connectivity index (χ2v) is 7.92. The Labute approximate surface area is 149 Å². The first-order valence-corrected chi connectivity index (χ1v) is 10.4. The van der Waals surface area contributed by atoms with Crippen molar-refractivity contribution in [2.75, 3.05) is 25.4 Å². The van der Waals surface area contributed by atoms with E-state index >= 15 is 0 Å². The van der Waals surface area contributed by atoms with Crippen molar-refractivity contribution < 1.29 is 0 Å². The van der Waals surface area contributed by atoms with Crippen LogP contribution in [0.2, 0.25) is 0 Å². The van der Waals surface area contributed by atoms with Crippen LogP contribution in [0.3, 0.4) is 0 Å². The Morgan fingerprint density at radius 1 is 1.25 bits per heavy atom. The van der Waals surface area contributed by atoms with E-state index in [2.05, 4.69) is 50.6 Å². The number of aromatic nitrogens is 3. The van der Waals surface area contributed by atoms with Gasteiger partial charge in [0.1, 0.15) is 12.4 Å². The number of thioether (sulfide) groups is 1. The SMILES string of the molecule is CCNC(=NCc1nnc2n1CCCCC2)N1CCSC(CC)C1. The maximum atomic E-state index is 4.89. The van der Waals surface area contributed by atoms with Crippen LogP contribution in [0.25, 0.3) is 0 Å². The third kappa shape index (κ3) is 4.23. The number of fused-ring (bicyclic) bond motifs is 1. The molecule has 2 aliphatic rings. The van der Waals surface area contributed by atoms with Crippen molar-refractivity contribution in [3.05, 3.63) is 11.6 Å². The van der Waals surface area contributed by atoms with Crippen molar-refractivity contribution in [2.24, 2.45) is 4.99 Å². The van der Waals surface area contributed by atoms with Crippen LogP contribution < -0.4 is 5.32 Å². The summed E-state index contributed by atoms with van der Waals surface area (Å²) in [6.07, 6.45) is 6.02. The van der Waals surface area contributed by atoms with Crippen LogP contribution in [-0.4, -0.2) is 56.3 Å². The second kappa shape index (κ2) is 8.74. The van der Waals surface area contributed by atoms with Crippen LogP contribution in [0.4, 0.5) is 0 Å². The van der Waals surface area contributed by atoms with Crippen LogP contribution >= 0.6 is 11.8 Å². The van der Waals surface area contributed by atoms with E-state index in [9.17, 15) is 0 Å². The molecule has 6 nitrogen and oxygen atoms in total. The van der Waals surface area contributed by atoms with Crippen LogP contribution in [0.1, 0.15) is 51.2 Å². The van der Waals surface area contributed by atoms with Gasteiger partial charge in [-0.15, -0.1) is 10.2 Å². The van der Waals surface area contributed by atoms with Gasteiger partial charge in [-0.1, -0.05) is 13.3 Å². The first-order chi connectivity index (χ1) is 11.8. The van der Waals surface area contributed by atoms with Crippen LogP contribution in [0.15, 0.2) is 4.99 Å². The molecular formula is C17H30N6S. The maximum Gasteiger partial charge on any atom is 0.194 e. The van der Waals surface area contributed by atoms with Crippen molar-refractivity contribution in [3.63, 3.8) is 0 Å². The minimum atomic E-state index is 0.621. The number of hydrogen-bond acceptors (Lipinski definition) is 4. The molecule has 2 aliphatic heterocycles. The summed E-state index contributed by atoms with van der Waals surface area (Å²) in [4.78, 5) is 7.30. The molecule has 134 valence electrons. The summed E-state index contributed by atoms with van der Waals surface area (Å²) >= 11 is 2.09. The lowest BCUT2D eigenvalue weighted by Crippen LogP contribution is -2.48. The lowest BCUT2D eigenvalue weighted by atomic mass is 10.2. The second-order valence-electron chi connectivity index (χ2n) is 6.51. The molecule has 3 rings (SSSR count). The molecule has 0 spiro atoms. The molecule has 0 radical (unpaired) electrons. The number of nitrogens with zero attached hydrogens (tertiary/aromatic N) is 5. The topological polar surface area (TPSA) is 58.3 Å². The largest absolute Gasteiger partial charge is 0.357 e. The van der Waals surface area contributed by atoms with E-state index < -0.39 is 0 Å². The van der Waals surface area contributed by atoms with Gasteiger partial charge in [0, 0.05) is 43.6 Å². The van der Waals surface area contributed by atoms with Gasteiger partial charge in [-0.2, -0.15) is 11.8 Å². The standard InChI is InChI=1S/C17H30N6S/c1-3-14-13-22(10-11-24-14)17(18-4-2)19-12-16-21-20-15-8-6-5-7-9-23(15)16/h14H,3-13H2,1-2H3,(H,18,19). The van der Waals surface area contributed by atoms with Gasteiger partial charge >= 0.3 is 0 Å². The third-order valence-electron chi connectivity index (χ3n) is 4.78. The number of aryl methyl sites for hydroxylation is 1. The summed E-state index contributed by atoms with van der Waals surface area (Å²) < 4.78 is 2.29. The fourth-order valence-corrected chi connectivity index (χ4v) is 4.57. The van der Waals surface area contributed by atoms with Gasteiger partial charge in [0.15, 0.2) is 11.8 Å².